The van der Waals surface area contributed by atoms with Gasteiger partial charge in [0, 0.05) is 43.0 Å². The second kappa shape index (κ2) is 10.4. The number of ether oxygens (including phenoxy) is 1. The van der Waals surface area contributed by atoms with Crippen molar-refractivity contribution in [3.8, 4) is 17.3 Å². The van der Waals surface area contributed by atoms with Crippen LogP contribution in [0.3, 0.4) is 0 Å². The van der Waals surface area contributed by atoms with Crippen LogP contribution >= 0.6 is 0 Å². The van der Waals surface area contributed by atoms with E-state index in [2.05, 4.69) is 25.2 Å². The maximum atomic E-state index is 16.4. The van der Waals surface area contributed by atoms with Crippen LogP contribution in [-0.4, -0.2) is 49.7 Å². The molecule has 5 aromatic rings. The van der Waals surface area contributed by atoms with Gasteiger partial charge in [-0.15, -0.1) is 0 Å². The van der Waals surface area contributed by atoms with E-state index in [9.17, 15) is 9.18 Å². The van der Waals surface area contributed by atoms with Crippen LogP contribution in [0.1, 0.15) is 31.2 Å². The standard InChI is InChI=1S/C32H30F2N6O2/c1-39-18-20(10-11-25(39)41)16-36-30-23-17-35-28(22-8-2-6-21-7-3-9-24(33)26(21)22)27(34)29(23)37-31(38-30)42-19-32-12-4-14-40(32)15-5-13-32/h2-3,6-11,17-18H,4-5,12-16,19H2,1H3,(H,36,37,38). The lowest BCUT2D eigenvalue weighted by molar-refractivity contribution is 0.108. The average molecular weight is 569 g/mol. The number of benzene rings is 2. The summed E-state index contributed by atoms with van der Waals surface area (Å²) in [5.41, 5.74) is 1.07. The first-order valence-electron chi connectivity index (χ1n) is 14.2. The van der Waals surface area contributed by atoms with Gasteiger partial charge in [-0.3, -0.25) is 14.7 Å². The molecule has 0 atom stereocenters. The van der Waals surface area contributed by atoms with Crippen LogP contribution in [0.15, 0.2) is 65.7 Å². The van der Waals surface area contributed by atoms with Gasteiger partial charge in [-0.25, -0.2) is 8.78 Å². The highest BCUT2D eigenvalue weighted by Crippen LogP contribution is 2.39. The Morgan fingerprint density at radius 2 is 1.81 bits per heavy atom. The summed E-state index contributed by atoms with van der Waals surface area (Å²) in [5, 5.41) is 4.58. The van der Waals surface area contributed by atoms with E-state index < -0.39 is 11.6 Å². The Morgan fingerprint density at radius 3 is 2.60 bits per heavy atom. The summed E-state index contributed by atoms with van der Waals surface area (Å²) in [6.45, 7) is 2.86. The number of anilines is 1. The number of pyridine rings is 2. The normalized spacial score (nSPS) is 16.3. The molecule has 0 radical (unpaired) electrons. The van der Waals surface area contributed by atoms with E-state index in [0.29, 0.717) is 40.7 Å². The monoisotopic (exact) mass is 568 g/mol. The van der Waals surface area contributed by atoms with Gasteiger partial charge in [-0.2, -0.15) is 9.97 Å². The third kappa shape index (κ3) is 4.56. The molecular formula is C32H30F2N6O2. The molecule has 10 heteroatoms. The third-order valence-corrected chi connectivity index (χ3v) is 8.66. The van der Waals surface area contributed by atoms with Gasteiger partial charge >= 0.3 is 6.01 Å². The maximum Gasteiger partial charge on any atom is 0.319 e. The Kier molecular flexibility index (Phi) is 6.57. The predicted molar refractivity (Wildman–Crippen MR) is 157 cm³/mol. The molecule has 0 aliphatic carbocycles. The van der Waals surface area contributed by atoms with E-state index in [0.717, 1.165) is 44.3 Å². The molecule has 2 saturated heterocycles. The molecule has 1 N–H and O–H groups in total. The van der Waals surface area contributed by atoms with Crippen LogP contribution in [0.5, 0.6) is 6.01 Å². The van der Waals surface area contributed by atoms with Crippen molar-refractivity contribution < 1.29 is 13.5 Å². The third-order valence-electron chi connectivity index (χ3n) is 8.66. The van der Waals surface area contributed by atoms with E-state index in [-0.39, 0.29) is 28.3 Å². The largest absolute Gasteiger partial charge is 0.461 e. The van der Waals surface area contributed by atoms with Gasteiger partial charge < -0.3 is 14.6 Å². The Hall–Kier alpha value is -4.44. The molecule has 0 amide bonds. The minimum absolute atomic E-state index is 0.00298. The summed E-state index contributed by atoms with van der Waals surface area (Å²) in [7, 11) is 1.68. The van der Waals surface area contributed by atoms with Crippen LogP contribution in [-0.2, 0) is 13.6 Å². The van der Waals surface area contributed by atoms with Crippen molar-refractivity contribution in [1.82, 2.24) is 24.4 Å². The number of aryl methyl sites for hydroxylation is 1. The van der Waals surface area contributed by atoms with E-state index in [1.54, 1.807) is 49.6 Å². The zero-order valence-electron chi connectivity index (χ0n) is 23.2. The van der Waals surface area contributed by atoms with Gasteiger partial charge in [0.25, 0.3) is 0 Å². The van der Waals surface area contributed by atoms with Crippen LogP contribution in [0.4, 0.5) is 14.6 Å². The van der Waals surface area contributed by atoms with Crippen molar-refractivity contribution in [1.29, 1.82) is 0 Å². The molecule has 2 fully saturated rings. The van der Waals surface area contributed by atoms with Gasteiger partial charge in [0.05, 0.1) is 10.9 Å². The summed E-state index contributed by atoms with van der Waals surface area (Å²) >= 11 is 0. The fraction of sp³-hybridized carbons (Fsp3) is 0.312. The molecule has 2 aliphatic heterocycles. The Bertz CT molecular complexity index is 1880. The molecule has 2 aromatic carbocycles. The molecule has 5 heterocycles. The molecule has 8 nitrogen and oxygen atoms in total. The molecule has 42 heavy (non-hydrogen) atoms. The SMILES string of the molecule is Cn1cc(CNc2nc(OCC34CCCN3CCC4)nc3c(F)c(-c4cccc5cccc(F)c45)ncc23)ccc1=O. The first-order chi connectivity index (χ1) is 20.4. The lowest BCUT2D eigenvalue weighted by Gasteiger charge is -2.31. The first kappa shape index (κ1) is 26.5. The topological polar surface area (TPSA) is 85.2 Å². The Labute approximate surface area is 241 Å². The van der Waals surface area contributed by atoms with Gasteiger partial charge in [-0.1, -0.05) is 36.4 Å². The highest BCUT2D eigenvalue weighted by Gasteiger charge is 2.45. The summed E-state index contributed by atoms with van der Waals surface area (Å²) in [6, 6.07) is 13.3. The molecule has 0 unspecified atom stereocenters. The quantitative estimate of drug-likeness (QED) is 0.280. The Balaban J connectivity index is 1.31. The van der Waals surface area contributed by atoms with E-state index >= 15 is 4.39 Å². The van der Waals surface area contributed by atoms with Crippen LogP contribution in [0.25, 0.3) is 32.9 Å². The number of aromatic nitrogens is 4. The lowest BCUT2D eigenvalue weighted by atomic mass is 9.95. The summed E-state index contributed by atoms with van der Waals surface area (Å²) in [6.07, 6.45) is 7.59. The zero-order chi connectivity index (χ0) is 28.8. The van der Waals surface area contributed by atoms with Crippen molar-refractivity contribution in [2.45, 2.75) is 37.8 Å². The zero-order valence-corrected chi connectivity index (χ0v) is 23.2. The van der Waals surface area contributed by atoms with Gasteiger partial charge in [0.15, 0.2) is 5.82 Å². The van der Waals surface area contributed by atoms with Gasteiger partial charge in [0.1, 0.15) is 29.5 Å². The molecule has 0 saturated carbocycles. The van der Waals surface area contributed by atoms with E-state index in [1.807, 2.05) is 0 Å². The van der Waals surface area contributed by atoms with Crippen molar-refractivity contribution >= 4 is 27.5 Å². The van der Waals surface area contributed by atoms with Crippen molar-refractivity contribution in [2.24, 2.45) is 7.05 Å². The second-order valence-electron chi connectivity index (χ2n) is 11.2. The van der Waals surface area contributed by atoms with E-state index in [1.165, 1.54) is 22.9 Å². The minimum atomic E-state index is -0.679. The lowest BCUT2D eigenvalue weighted by Crippen LogP contribution is -2.43. The summed E-state index contributed by atoms with van der Waals surface area (Å²) in [5.74, 6) is -0.770. The highest BCUT2D eigenvalue weighted by atomic mass is 19.1. The van der Waals surface area contributed by atoms with Crippen LogP contribution < -0.4 is 15.6 Å². The first-order valence-corrected chi connectivity index (χ1v) is 14.2. The fourth-order valence-corrected chi connectivity index (χ4v) is 6.52. The summed E-state index contributed by atoms with van der Waals surface area (Å²) < 4.78 is 39.0. The average Bonchev–Trinajstić information content (AvgIpc) is 3.58. The molecular weight excluding hydrogens is 538 g/mol. The number of hydrogen-bond donors (Lipinski definition) is 1. The van der Waals surface area contributed by atoms with Gasteiger partial charge in [-0.05, 0) is 55.8 Å². The molecule has 3 aromatic heterocycles. The molecule has 0 bridgehead atoms. The van der Waals surface area contributed by atoms with Crippen molar-refractivity contribution in [3.63, 3.8) is 0 Å². The number of nitrogens with zero attached hydrogens (tertiary/aromatic N) is 5. The Morgan fingerprint density at radius 1 is 1.02 bits per heavy atom. The van der Waals surface area contributed by atoms with Crippen LogP contribution in [0, 0.1) is 11.6 Å². The smallest absolute Gasteiger partial charge is 0.319 e. The minimum Gasteiger partial charge on any atom is -0.461 e. The number of rotatable bonds is 7. The molecule has 0 spiro atoms. The van der Waals surface area contributed by atoms with Crippen molar-refractivity contribution in [2.75, 3.05) is 25.0 Å². The predicted octanol–water partition coefficient (Wildman–Crippen LogP) is 5.44. The second-order valence-corrected chi connectivity index (χ2v) is 11.2. The molecule has 7 rings (SSSR count). The number of fused-ring (bicyclic) bond motifs is 3. The highest BCUT2D eigenvalue weighted by molar-refractivity contribution is 5.99. The van der Waals surface area contributed by atoms with Crippen LogP contribution in [0.2, 0.25) is 0 Å². The van der Waals surface area contributed by atoms with Crippen molar-refractivity contribution in [3.05, 3.63) is 88.5 Å². The number of halogens is 2. The number of hydrogen-bond acceptors (Lipinski definition) is 7. The van der Waals surface area contributed by atoms with Gasteiger partial charge in [0.2, 0.25) is 5.56 Å². The maximum absolute atomic E-state index is 16.4. The summed E-state index contributed by atoms with van der Waals surface area (Å²) in [4.78, 5) is 27.9. The fourth-order valence-electron chi connectivity index (χ4n) is 6.52. The molecule has 214 valence electrons. The van der Waals surface area contributed by atoms with E-state index in [4.69, 9.17) is 4.74 Å². The number of nitrogens with one attached hydrogen (secondary N) is 1. The molecule has 2 aliphatic rings.